The Bertz CT molecular complexity index is 1040. The highest BCUT2D eigenvalue weighted by atomic mass is 16.5. The third kappa shape index (κ3) is 3.03. The first kappa shape index (κ1) is 17.2. The Balaban J connectivity index is 1.55. The third-order valence-corrected chi connectivity index (χ3v) is 5.95. The molecule has 1 aromatic heterocycles. The van der Waals surface area contributed by atoms with Gasteiger partial charge >= 0.3 is 0 Å². The Labute approximate surface area is 165 Å². The maximum Gasteiger partial charge on any atom is 0.255 e. The molecule has 3 aromatic rings. The van der Waals surface area contributed by atoms with Gasteiger partial charge in [0.05, 0.1) is 24.2 Å². The molecule has 2 fully saturated rings. The molecule has 2 aliphatic rings. The molecule has 1 unspecified atom stereocenters. The van der Waals surface area contributed by atoms with Crippen LogP contribution in [0.25, 0.3) is 10.9 Å². The molecule has 5 rings (SSSR count). The lowest BCUT2D eigenvalue weighted by Gasteiger charge is -2.26. The summed E-state index contributed by atoms with van der Waals surface area (Å²) in [6.07, 6.45) is 4.35. The minimum atomic E-state index is 0.0962. The fourth-order valence-corrected chi connectivity index (χ4v) is 4.32. The third-order valence-electron chi connectivity index (χ3n) is 5.95. The first-order valence-electron chi connectivity index (χ1n) is 10.1. The Morgan fingerprint density at radius 1 is 1.07 bits per heavy atom. The summed E-state index contributed by atoms with van der Waals surface area (Å²) in [4.78, 5) is 20.5. The molecule has 0 radical (unpaired) electrons. The van der Waals surface area contributed by atoms with Gasteiger partial charge in [-0.25, -0.2) is 0 Å². The molecular formula is C24H24N2O2. The molecule has 4 heteroatoms. The fraction of sp³-hybridized carbons (Fsp3) is 0.333. The van der Waals surface area contributed by atoms with E-state index in [1.807, 2.05) is 47.4 Å². The predicted molar refractivity (Wildman–Crippen MR) is 110 cm³/mol. The lowest BCUT2D eigenvalue weighted by molar-refractivity contribution is 0.0737. The largest absolute Gasteiger partial charge is 0.497 e. The number of rotatable bonds is 4. The van der Waals surface area contributed by atoms with E-state index in [0.29, 0.717) is 5.92 Å². The zero-order valence-corrected chi connectivity index (χ0v) is 16.1. The molecule has 0 bridgehead atoms. The van der Waals surface area contributed by atoms with Crippen LogP contribution >= 0.6 is 0 Å². The van der Waals surface area contributed by atoms with Gasteiger partial charge in [0.2, 0.25) is 0 Å². The quantitative estimate of drug-likeness (QED) is 0.640. The van der Waals surface area contributed by atoms with Crippen molar-refractivity contribution in [1.29, 1.82) is 0 Å². The van der Waals surface area contributed by atoms with E-state index in [0.717, 1.165) is 52.9 Å². The molecule has 2 heterocycles. The van der Waals surface area contributed by atoms with Crippen molar-refractivity contribution in [3.05, 3.63) is 71.4 Å². The summed E-state index contributed by atoms with van der Waals surface area (Å²) < 4.78 is 5.39. The topological polar surface area (TPSA) is 42.4 Å². The number of methoxy groups -OCH3 is 1. The summed E-state index contributed by atoms with van der Waals surface area (Å²) in [5, 5.41) is 0.952. The summed E-state index contributed by atoms with van der Waals surface area (Å²) in [5.74, 6) is 1.47. The van der Waals surface area contributed by atoms with E-state index in [2.05, 4.69) is 12.1 Å². The highest BCUT2D eigenvalue weighted by molar-refractivity contribution is 6.06. The van der Waals surface area contributed by atoms with Crippen molar-refractivity contribution in [3.8, 4) is 5.75 Å². The fourth-order valence-electron chi connectivity index (χ4n) is 4.32. The average molecular weight is 372 g/mol. The number of likely N-dealkylation sites (tertiary alicyclic amines) is 1. The molecule has 142 valence electrons. The number of carbonyl (C=O) groups is 1. The van der Waals surface area contributed by atoms with E-state index in [9.17, 15) is 4.79 Å². The Morgan fingerprint density at radius 2 is 1.93 bits per heavy atom. The second kappa shape index (κ2) is 6.93. The van der Waals surface area contributed by atoms with Gasteiger partial charge in [0, 0.05) is 23.5 Å². The molecule has 1 aliphatic carbocycles. The van der Waals surface area contributed by atoms with Gasteiger partial charge in [0.25, 0.3) is 5.91 Å². The molecule has 0 N–H and O–H groups in total. The van der Waals surface area contributed by atoms with Crippen LogP contribution in [0.15, 0.2) is 54.6 Å². The summed E-state index contributed by atoms with van der Waals surface area (Å²) >= 11 is 0. The number of hydrogen-bond acceptors (Lipinski definition) is 3. The Kier molecular flexibility index (Phi) is 4.27. The van der Waals surface area contributed by atoms with Gasteiger partial charge in [-0.3, -0.25) is 9.78 Å². The van der Waals surface area contributed by atoms with Crippen molar-refractivity contribution in [2.75, 3.05) is 13.7 Å². The lowest BCUT2D eigenvalue weighted by atomic mass is 10.0. The summed E-state index contributed by atoms with van der Waals surface area (Å²) in [5.41, 5.74) is 3.93. The molecular weight excluding hydrogens is 348 g/mol. The van der Waals surface area contributed by atoms with Gasteiger partial charge in [-0.05, 0) is 55.5 Å². The molecule has 0 spiro atoms. The van der Waals surface area contributed by atoms with Gasteiger partial charge in [0.15, 0.2) is 0 Å². The standard InChI is InChI=1S/C24H24N2O2/c1-28-18-7-4-6-17(14-18)23-10-5-13-26(23)24(27)20-15-22(16-11-12-16)25-21-9-3-2-8-19(20)21/h2-4,6-9,14-16,23H,5,10-13H2,1H3. The SMILES string of the molecule is COc1cccc(C2CCCN2C(=O)c2cc(C3CC3)nc3ccccc23)c1. The Morgan fingerprint density at radius 3 is 2.75 bits per heavy atom. The van der Waals surface area contributed by atoms with Crippen LogP contribution in [0.5, 0.6) is 5.75 Å². The van der Waals surface area contributed by atoms with Gasteiger partial charge in [-0.15, -0.1) is 0 Å². The van der Waals surface area contributed by atoms with E-state index < -0.39 is 0 Å². The van der Waals surface area contributed by atoms with Crippen molar-refractivity contribution in [2.45, 2.75) is 37.6 Å². The van der Waals surface area contributed by atoms with Gasteiger partial charge in [-0.2, -0.15) is 0 Å². The van der Waals surface area contributed by atoms with E-state index in [-0.39, 0.29) is 11.9 Å². The first-order chi connectivity index (χ1) is 13.7. The van der Waals surface area contributed by atoms with Crippen molar-refractivity contribution in [3.63, 3.8) is 0 Å². The number of pyridine rings is 1. The summed E-state index contributed by atoms with van der Waals surface area (Å²) in [6.45, 7) is 0.788. The molecule has 2 aromatic carbocycles. The highest BCUT2D eigenvalue weighted by Gasteiger charge is 2.33. The molecule has 1 amide bonds. The van der Waals surface area contributed by atoms with E-state index in [4.69, 9.17) is 9.72 Å². The van der Waals surface area contributed by atoms with Crippen LogP contribution in [0.3, 0.4) is 0 Å². The first-order valence-corrected chi connectivity index (χ1v) is 10.1. The van der Waals surface area contributed by atoms with Crippen molar-refractivity contribution in [2.24, 2.45) is 0 Å². The minimum Gasteiger partial charge on any atom is -0.497 e. The number of ether oxygens (including phenoxy) is 1. The van der Waals surface area contributed by atoms with Crippen molar-refractivity contribution in [1.82, 2.24) is 9.88 Å². The lowest BCUT2D eigenvalue weighted by Crippen LogP contribution is -2.31. The number of nitrogens with zero attached hydrogens (tertiary/aromatic N) is 2. The number of para-hydroxylation sites is 1. The van der Waals surface area contributed by atoms with Crippen molar-refractivity contribution >= 4 is 16.8 Å². The van der Waals surface area contributed by atoms with Crippen LogP contribution in [0.2, 0.25) is 0 Å². The van der Waals surface area contributed by atoms with Crippen LogP contribution < -0.4 is 4.74 Å². The maximum absolute atomic E-state index is 13.7. The monoisotopic (exact) mass is 372 g/mol. The number of carbonyl (C=O) groups excluding carboxylic acids is 1. The van der Waals surface area contributed by atoms with Crippen LogP contribution in [-0.4, -0.2) is 29.4 Å². The number of hydrogen-bond donors (Lipinski definition) is 0. The van der Waals surface area contributed by atoms with Crippen molar-refractivity contribution < 1.29 is 9.53 Å². The van der Waals surface area contributed by atoms with Gasteiger partial charge in [0.1, 0.15) is 5.75 Å². The normalized spacial score (nSPS) is 19.2. The van der Waals surface area contributed by atoms with Crippen LogP contribution in [0.1, 0.15) is 59.3 Å². The summed E-state index contributed by atoms with van der Waals surface area (Å²) in [7, 11) is 1.68. The molecule has 1 atom stereocenters. The second-order valence-electron chi connectivity index (χ2n) is 7.82. The summed E-state index contributed by atoms with van der Waals surface area (Å²) in [6, 6.07) is 18.3. The van der Waals surface area contributed by atoms with E-state index >= 15 is 0 Å². The number of aromatic nitrogens is 1. The predicted octanol–water partition coefficient (Wildman–Crippen LogP) is 5.10. The molecule has 1 aliphatic heterocycles. The van der Waals surface area contributed by atoms with Crippen LogP contribution in [-0.2, 0) is 0 Å². The zero-order valence-electron chi connectivity index (χ0n) is 16.1. The van der Waals surface area contributed by atoms with Crippen LogP contribution in [0.4, 0.5) is 0 Å². The highest BCUT2D eigenvalue weighted by Crippen LogP contribution is 2.41. The second-order valence-corrected chi connectivity index (χ2v) is 7.82. The number of amides is 1. The molecule has 4 nitrogen and oxygen atoms in total. The number of fused-ring (bicyclic) bond motifs is 1. The molecule has 1 saturated heterocycles. The number of benzene rings is 2. The Hall–Kier alpha value is -2.88. The van der Waals surface area contributed by atoms with Crippen LogP contribution in [0, 0.1) is 0 Å². The average Bonchev–Trinajstić information content (AvgIpc) is 3.49. The van der Waals surface area contributed by atoms with Gasteiger partial charge < -0.3 is 9.64 Å². The van der Waals surface area contributed by atoms with E-state index in [1.54, 1.807) is 7.11 Å². The molecule has 28 heavy (non-hydrogen) atoms. The van der Waals surface area contributed by atoms with E-state index in [1.165, 1.54) is 12.8 Å². The minimum absolute atomic E-state index is 0.0962. The molecule has 1 saturated carbocycles. The van der Waals surface area contributed by atoms with Gasteiger partial charge in [-0.1, -0.05) is 30.3 Å². The maximum atomic E-state index is 13.7. The smallest absolute Gasteiger partial charge is 0.255 e. The zero-order chi connectivity index (χ0) is 19.1.